The van der Waals surface area contributed by atoms with Crippen molar-refractivity contribution in [3.8, 4) is 11.5 Å². The van der Waals surface area contributed by atoms with Gasteiger partial charge < -0.3 is 15.5 Å². The predicted molar refractivity (Wildman–Crippen MR) is 76.6 cm³/mol. The van der Waals surface area contributed by atoms with Crippen LogP contribution in [-0.2, 0) is 4.79 Å². The van der Waals surface area contributed by atoms with E-state index in [0.717, 1.165) is 31.5 Å². The Labute approximate surface area is 119 Å². The first-order chi connectivity index (χ1) is 9.51. The first-order valence-electron chi connectivity index (χ1n) is 7.00. The largest absolute Gasteiger partial charge is 0.508 e. The summed E-state index contributed by atoms with van der Waals surface area (Å²) in [5.74, 6) is 0.368. The molecule has 3 N–H and O–H groups in total. The van der Waals surface area contributed by atoms with E-state index in [2.05, 4.69) is 17.1 Å². The number of piperidine rings is 1. The molecular formula is C15H22N2O3. The molecule has 0 spiro atoms. The lowest BCUT2D eigenvalue weighted by atomic mass is 9.94. The molecular weight excluding hydrogens is 256 g/mol. The van der Waals surface area contributed by atoms with E-state index in [1.165, 1.54) is 6.07 Å². The number of phenols is 2. The highest BCUT2D eigenvalue weighted by molar-refractivity contribution is 5.78. The second kappa shape index (κ2) is 6.13. The molecule has 1 aromatic rings. The predicted octanol–water partition coefficient (Wildman–Crippen LogP) is 1.62. The van der Waals surface area contributed by atoms with Crippen molar-refractivity contribution < 1.29 is 15.0 Å². The van der Waals surface area contributed by atoms with Crippen LogP contribution >= 0.6 is 0 Å². The fourth-order valence-electron chi connectivity index (χ4n) is 2.82. The van der Waals surface area contributed by atoms with Gasteiger partial charge in [0.2, 0.25) is 5.91 Å². The number of hydrogen-bond donors (Lipinski definition) is 3. The number of nitrogens with one attached hydrogen (secondary N) is 1. The molecule has 1 saturated heterocycles. The Hall–Kier alpha value is -1.75. The van der Waals surface area contributed by atoms with Gasteiger partial charge >= 0.3 is 0 Å². The summed E-state index contributed by atoms with van der Waals surface area (Å²) in [4.78, 5) is 13.9. The Morgan fingerprint density at radius 3 is 2.30 bits per heavy atom. The molecule has 0 aromatic heterocycles. The van der Waals surface area contributed by atoms with E-state index in [-0.39, 0.29) is 29.4 Å². The molecule has 1 unspecified atom stereocenters. The fourth-order valence-corrected chi connectivity index (χ4v) is 2.82. The second-order valence-electron chi connectivity index (χ2n) is 5.38. The van der Waals surface area contributed by atoms with E-state index in [4.69, 9.17) is 0 Å². The highest BCUT2D eigenvalue weighted by atomic mass is 16.3. The average Bonchev–Trinajstić information content (AvgIpc) is 2.45. The Bertz CT molecular complexity index is 462. The molecule has 0 saturated carbocycles. The van der Waals surface area contributed by atoms with Crippen molar-refractivity contribution in [3.63, 3.8) is 0 Å². The Kier molecular flexibility index (Phi) is 4.49. The van der Waals surface area contributed by atoms with Crippen molar-refractivity contribution in [2.45, 2.75) is 25.8 Å². The van der Waals surface area contributed by atoms with Crippen LogP contribution < -0.4 is 5.32 Å². The van der Waals surface area contributed by atoms with Crippen molar-refractivity contribution in [2.75, 3.05) is 20.1 Å². The van der Waals surface area contributed by atoms with Crippen LogP contribution in [0.15, 0.2) is 18.2 Å². The van der Waals surface area contributed by atoms with Gasteiger partial charge in [-0.05, 0) is 50.6 Å². The molecule has 5 nitrogen and oxygen atoms in total. The van der Waals surface area contributed by atoms with Crippen LogP contribution in [0.1, 0.15) is 31.4 Å². The van der Waals surface area contributed by atoms with Gasteiger partial charge in [-0.3, -0.25) is 9.69 Å². The van der Waals surface area contributed by atoms with Crippen LogP contribution in [0.2, 0.25) is 0 Å². The van der Waals surface area contributed by atoms with Gasteiger partial charge in [-0.25, -0.2) is 0 Å². The van der Waals surface area contributed by atoms with Crippen LogP contribution in [0.25, 0.3) is 0 Å². The summed E-state index contributed by atoms with van der Waals surface area (Å²) in [6.07, 6.45) is 1.68. The summed E-state index contributed by atoms with van der Waals surface area (Å²) < 4.78 is 0. The second-order valence-corrected chi connectivity index (χ2v) is 5.38. The molecule has 5 heteroatoms. The van der Waals surface area contributed by atoms with E-state index >= 15 is 0 Å². The van der Waals surface area contributed by atoms with Gasteiger partial charge in [0.25, 0.3) is 0 Å². The zero-order valence-electron chi connectivity index (χ0n) is 12.0. The average molecular weight is 278 g/mol. The standard InChI is InChI=1S/C15H22N2O3/c1-10(12-7-13(18)9-14(19)8-12)17-5-3-11(4-6-17)15(20)16-2/h7-11,18-19H,3-6H2,1-2H3,(H,16,20). The molecule has 1 aromatic carbocycles. The molecule has 1 aliphatic rings. The van der Waals surface area contributed by atoms with E-state index < -0.39 is 0 Å². The Balaban J connectivity index is 2.01. The summed E-state index contributed by atoms with van der Waals surface area (Å²) in [7, 11) is 1.67. The summed E-state index contributed by atoms with van der Waals surface area (Å²) in [5.41, 5.74) is 0.890. The lowest BCUT2D eigenvalue weighted by Gasteiger charge is -2.35. The normalized spacial score (nSPS) is 18.7. The Morgan fingerprint density at radius 2 is 1.80 bits per heavy atom. The quantitative estimate of drug-likeness (QED) is 0.785. The maximum atomic E-state index is 11.6. The van der Waals surface area contributed by atoms with Crippen LogP contribution in [0.5, 0.6) is 11.5 Å². The first kappa shape index (κ1) is 14.7. The number of amides is 1. The topological polar surface area (TPSA) is 72.8 Å². The SMILES string of the molecule is CNC(=O)C1CCN(C(C)c2cc(O)cc(O)c2)CC1. The number of phenolic OH excluding ortho intramolecular Hbond substituents is 2. The number of nitrogens with zero attached hydrogens (tertiary/aromatic N) is 1. The van der Waals surface area contributed by atoms with Gasteiger partial charge in [0, 0.05) is 25.1 Å². The maximum Gasteiger partial charge on any atom is 0.222 e. The number of carbonyl (C=O) groups excluding carboxylic acids is 1. The number of hydrogen-bond acceptors (Lipinski definition) is 4. The molecule has 110 valence electrons. The minimum atomic E-state index is 0.0760. The number of likely N-dealkylation sites (tertiary alicyclic amines) is 1. The van der Waals surface area contributed by atoms with E-state index in [0.29, 0.717) is 0 Å². The van der Waals surface area contributed by atoms with E-state index in [1.807, 2.05) is 0 Å². The van der Waals surface area contributed by atoms with Crippen molar-refractivity contribution in [1.82, 2.24) is 10.2 Å². The smallest absolute Gasteiger partial charge is 0.222 e. The number of carbonyl (C=O) groups is 1. The summed E-state index contributed by atoms with van der Waals surface area (Å²) in [5, 5.41) is 21.8. The van der Waals surface area contributed by atoms with Crippen LogP contribution in [0, 0.1) is 5.92 Å². The van der Waals surface area contributed by atoms with Gasteiger partial charge in [-0.1, -0.05) is 0 Å². The summed E-state index contributed by atoms with van der Waals surface area (Å²) in [6.45, 7) is 3.74. The molecule has 0 aliphatic carbocycles. The maximum absolute atomic E-state index is 11.6. The van der Waals surface area contributed by atoms with Crippen molar-refractivity contribution in [2.24, 2.45) is 5.92 Å². The van der Waals surface area contributed by atoms with Gasteiger partial charge in [0.15, 0.2) is 0 Å². The number of benzene rings is 1. The molecule has 0 bridgehead atoms. The molecule has 1 aliphatic heterocycles. The molecule has 1 fully saturated rings. The van der Waals surface area contributed by atoms with Crippen LogP contribution in [0.3, 0.4) is 0 Å². The molecule has 0 radical (unpaired) electrons. The zero-order chi connectivity index (χ0) is 14.7. The van der Waals surface area contributed by atoms with Gasteiger partial charge in [0.05, 0.1) is 0 Å². The van der Waals surface area contributed by atoms with Gasteiger partial charge in [-0.2, -0.15) is 0 Å². The van der Waals surface area contributed by atoms with Crippen molar-refractivity contribution >= 4 is 5.91 Å². The third-order valence-corrected chi connectivity index (χ3v) is 4.10. The van der Waals surface area contributed by atoms with E-state index in [1.54, 1.807) is 19.2 Å². The minimum Gasteiger partial charge on any atom is -0.508 e. The zero-order valence-corrected chi connectivity index (χ0v) is 12.0. The van der Waals surface area contributed by atoms with Gasteiger partial charge in [-0.15, -0.1) is 0 Å². The lowest BCUT2D eigenvalue weighted by Crippen LogP contribution is -2.40. The highest BCUT2D eigenvalue weighted by Gasteiger charge is 2.27. The molecule has 1 amide bonds. The molecule has 1 heterocycles. The van der Waals surface area contributed by atoms with Crippen LogP contribution in [-0.4, -0.2) is 41.2 Å². The first-order valence-corrected chi connectivity index (χ1v) is 7.00. The highest BCUT2D eigenvalue weighted by Crippen LogP contribution is 2.30. The molecule has 2 rings (SSSR count). The summed E-state index contributed by atoms with van der Waals surface area (Å²) in [6, 6.07) is 4.79. The van der Waals surface area contributed by atoms with Crippen LogP contribution in [0.4, 0.5) is 0 Å². The number of aromatic hydroxyl groups is 2. The minimum absolute atomic E-state index is 0.0760. The number of rotatable bonds is 3. The molecule has 1 atom stereocenters. The lowest BCUT2D eigenvalue weighted by molar-refractivity contribution is -0.126. The van der Waals surface area contributed by atoms with E-state index in [9.17, 15) is 15.0 Å². The fraction of sp³-hybridized carbons (Fsp3) is 0.533. The summed E-state index contributed by atoms with van der Waals surface area (Å²) >= 11 is 0. The third kappa shape index (κ3) is 3.22. The van der Waals surface area contributed by atoms with Crippen molar-refractivity contribution in [3.05, 3.63) is 23.8 Å². The third-order valence-electron chi connectivity index (χ3n) is 4.10. The monoisotopic (exact) mass is 278 g/mol. The van der Waals surface area contributed by atoms with Gasteiger partial charge in [0.1, 0.15) is 11.5 Å². The van der Waals surface area contributed by atoms with Crippen molar-refractivity contribution in [1.29, 1.82) is 0 Å². The molecule has 20 heavy (non-hydrogen) atoms. The Morgan fingerprint density at radius 1 is 1.25 bits per heavy atom.